The van der Waals surface area contributed by atoms with Gasteiger partial charge in [0, 0.05) is 16.3 Å². The molecule has 20 heavy (non-hydrogen) atoms. The number of hydrogen-bond acceptors (Lipinski definition) is 3. The van der Waals surface area contributed by atoms with Crippen LogP contribution in [0.4, 0.5) is 0 Å². The summed E-state index contributed by atoms with van der Waals surface area (Å²) in [5, 5.41) is 0.657. The number of aromatic nitrogens is 2. The van der Waals surface area contributed by atoms with E-state index in [4.69, 9.17) is 16.3 Å². The van der Waals surface area contributed by atoms with Gasteiger partial charge in [0.05, 0.1) is 0 Å². The van der Waals surface area contributed by atoms with Crippen LogP contribution in [0.2, 0.25) is 5.02 Å². The third-order valence-corrected chi connectivity index (χ3v) is 2.85. The number of H-pyrrole nitrogens is 1. The van der Waals surface area contributed by atoms with Crippen LogP contribution in [0, 0.1) is 6.92 Å². The summed E-state index contributed by atoms with van der Waals surface area (Å²) in [6.45, 7) is 7.28. The molecule has 1 aromatic heterocycles. The number of benzene rings is 1. The Balaban J connectivity index is 2.30. The molecular weight excluding hydrogens is 276 g/mol. The molecule has 106 valence electrons. The summed E-state index contributed by atoms with van der Waals surface area (Å²) < 4.78 is 5.33. The lowest BCUT2D eigenvalue weighted by Crippen LogP contribution is -2.24. The van der Waals surface area contributed by atoms with Gasteiger partial charge in [-0.3, -0.25) is 0 Å². The lowest BCUT2D eigenvalue weighted by Gasteiger charge is -2.18. The predicted molar refractivity (Wildman–Crippen MR) is 78.9 cm³/mol. The van der Waals surface area contributed by atoms with Gasteiger partial charge in [0.2, 0.25) is 0 Å². The summed E-state index contributed by atoms with van der Waals surface area (Å²) in [5.74, 6) is 0.200. The van der Waals surface area contributed by atoms with Crippen molar-refractivity contribution in [3.63, 3.8) is 0 Å². The topological polar surface area (TPSA) is 55.0 Å². The van der Waals surface area contributed by atoms with Gasteiger partial charge >= 0.3 is 5.97 Å². The molecular formula is C15H17ClN2O2. The number of hydrogen-bond donors (Lipinski definition) is 1. The summed E-state index contributed by atoms with van der Waals surface area (Å²) in [6, 6.07) is 7.25. The monoisotopic (exact) mass is 292 g/mol. The quantitative estimate of drug-likeness (QED) is 0.851. The zero-order valence-electron chi connectivity index (χ0n) is 12.0. The van der Waals surface area contributed by atoms with Gasteiger partial charge in [-0.05, 0) is 52.0 Å². The first-order valence-electron chi connectivity index (χ1n) is 6.32. The number of halogens is 1. The van der Waals surface area contributed by atoms with Crippen LogP contribution in [0.1, 0.15) is 37.0 Å². The maximum atomic E-state index is 12.1. The molecule has 1 heterocycles. The maximum Gasteiger partial charge on any atom is 0.359 e. The fourth-order valence-electron chi connectivity index (χ4n) is 1.73. The van der Waals surface area contributed by atoms with E-state index < -0.39 is 11.6 Å². The standard InChI is InChI=1S/C15H17ClN2O2/c1-9-12(14(19)20-15(2,3)4)18-13(17-9)10-5-7-11(16)8-6-10/h5-8H,1-4H3,(H,17,18). The number of esters is 1. The van der Waals surface area contributed by atoms with Crippen molar-refractivity contribution in [3.05, 3.63) is 40.7 Å². The van der Waals surface area contributed by atoms with Crippen molar-refractivity contribution >= 4 is 17.6 Å². The van der Waals surface area contributed by atoms with Gasteiger partial charge < -0.3 is 9.72 Å². The molecule has 0 fully saturated rings. The molecule has 0 amide bonds. The smallest absolute Gasteiger partial charge is 0.359 e. The van der Waals surface area contributed by atoms with Crippen molar-refractivity contribution in [2.45, 2.75) is 33.3 Å². The van der Waals surface area contributed by atoms with E-state index in [9.17, 15) is 4.79 Å². The van der Waals surface area contributed by atoms with Crippen molar-refractivity contribution in [1.82, 2.24) is 9.97 Å². The molecule has 0 radical (unpaired) electrons. The molecule has 0 aliphatic heterocycles. The van der Waals surface area contributed by atoms with Crippen LogP contribution in [-0.2, 0) is 4.74 Å². The Morgan fingerprint density at radius 1 is 1.25 bits per heavy atom. The van der Waals surface area contributed by atoms with E-state index in [1.54, 1.807) is 19.1 Å². The Morgan fingerprint density at radius 2 is 1.85 bits per heavy atom. The molecule has 0 aliphatic rings. The first kappa shape index (κ1) is 14.6. The average Bonchev–Trinajstić information content (AvgIpc) is 2.70. The summed E-state index contributed by atoms with van der Waals surface area (Å²) in [6.07, 6.45) is 0. The molecule has 2 aromatic rings. The number of carbonyl (C=O) groups excluding carboxylic acids is 1. The third kappa shape index (κ3) is 3.39. The van der Waals surface area contributed by atoms with E-state index in [2.05, 4.69) is 9.97 Å². The SMILES string of the molecule is Cc1[nH]c(-c2ccc(Cl)cc2)nc1C(=O)OC(C)(C)C. The average molecular weight is 293 g/mol. The molecule has 0 atom stereocenters. The van der Waals surface area contributed by atoms with E-state index in [0.717, 1.165) is 5.56 Å². The number of ether oxygens (including phenoxy) is 1. The van der Waals surface area contributed by atoms with Crippen molar-refractivity contribution < 1.29 is 9.53 Å². The van der Waals surface area contributed by atoms with Crippen LogP contribution in [0.15, 0.2) is 24.3 Å². The molecule has 0 aliphatic carbocycles. The van der Waals surface area contributed by atoms with E-state index >= 15 is 0 Å². The van der Waals surface area contributed by atoms with E-state index in [0.29, 0.717) is 22.2 Å². The van der Waals surface area contributed by atoms with Crippen LogP contribution in [0.5, 0.6) is 0 Å². The third-order valence-electron chi connectivity index (χ3n) is 2.59. The van der Waals surface area contributed by atoms with Crippen LogP contribution >= 0.6 is 11.6 Å². The van der Waals surface area contributed by atoms with Gasteiger partial charge in [0.25, 0.3) is 0 Å². The number of carbonyl (C=O) groups is 1. The first-order valence-corrected chi connectivity index (χ1v) is 6.70. The van der Waals surface area contributed by atoms with Gasteiger partial charge in [-0.1, -0.05) is 11.6 Å². The lowest BCUT2D eigenvalue weighted by atomic mass is 10.2. The molecule has 0 unspecified atom stereocenters. The van der Waals surface area contributed by atoms with Gasteiger partial charge in [-0.2, -0.15) is 0 Å². The van der Waals surface area contributed by atoms with Gasteiger partial charge in [-0.25, -0.2) is 9.78 Å². The van der Waals surface area contributed by atoms with Crippen LogP contribution in [0.3, 0.4) is 0 Å². The van der Waals surface area contributed by atoms with Gasteiger partial charge in [0.1, 0.15) is 11.4 Å². The van der Waals surface area contributed by atoms with Crippen LogP contribution in [-0.4, -0.2) is 21.5 Å². The van der Waals surface area contributed by atoms with Crippen LogP contribution in [0.25, 0.3) is 11.4 Å². The normalized spacial score (nSPS) is 11.4. The number of rotatable bonds is 2. The van der Waals surface area contributed by atoms with E-state index in [-0.39, 0.29) is 0 Å². The minimum absolute atomic E-state index is 0.310. The molecule has 0 spiro atoms. The van der Waals surface area contributed by atoms with Gasteiger partial charge in [-0.15, -0.1) is 0 Å². The van der Waals surface area contributed by atoms with Crippen molar-refractivity contribution in [3.8, 4) is 11.4 Å². The van der Waals surface area contributed by atoms with Crippen molar-refractivity contribution in [1.29, 1.82) is 0 Å². The Morgan fingerprint density at radius 3 is 2.40 bits per heavy atom. The maximum absolute atomic E-state index is 12.1. The highest BCUT2D eigenvalue weighted by Gasteiger charge is 2.22. The number of imidazole rings is 1. The highest BCUT2D eigenvalue weighted by molar-refractivity contribution is 6.30. The largest absolute Gasteiger partial charge is 0.455 e. The molecule has 4 nitrogen and oxygen atoms in total. The molecule has 2 rings (SSSR count). The summed E-state index contributed by atoms with van der Waals surface area (Å²) >= 11 is 5.85. The molecule has 0 saturated heterocycles. The molecule has 1 aromatic carbocycles. The first-order chi connectivity index (χ1) is 9.26. The number of aryl methyl sites for hydroxylation is 1. The molecule has 0 saturated carbocycles. The van der Waals surface area contributed by atoms with E-state index in [1.807, 2.05) is 32.9 Å². The minimum atomic E-state index is -0.539. The number of nitrogens with one attached hydrogen (secondary N) is 1. The number of aromatic amines is 1. The fourth-order valence-corrected chi connectivity index (χ4v) is 1.86. The Labute approximate surface area is 123 Å². The minimum Gasteiger partial charge on any atom is -0.455 e. The number of nitrogens with zero attached hydrogens (tertiary/aromatic N) is 1. The Kier molecular flexibility index (Phi) is 3.86. The molecule has 0 bridgehead atoms. The Hall–Kier alpha value is -1.81. The van der Waals surface area contributed by atoms with Crippen molar-refractivity contribution in [2.24, 2.45) is 0 Å². The van der Waals surface area contributed by atoms with Gasteiger partial charge in [0.15, 0.2) is 5.69 Å². The summed E-state index contributed by atoms with van der Waals surface area (Å²) in [5.41, 5.74) is 1.32. The summed E-state index contributed by atoms with van der Waals surface area (Å²) in [7, 11) is 0. The predicted octanol–water partition coefficient (Wildman–Crippen LogP) is 3.99. The van der Waals surface area contributed by atoms with E-state index in [1.165, 1.54) is 0 Å². The fraction of sp³-hybridized carbons (Fsp3) is 0.333. The lowest BCUT2D eigenvalue weighted by molar-refractivity contribution is 0.00627. The second kappa shape index (κ2) is 5.29. The highest BCUT2D eigenvalue weighted by Crippen LogP contribution is 2.21. The zero-order valence-corrected chi connectivity index (χ0v) is 12.7. The van der Waals surface area contributed by atoms with Crippen LogP contribution < -0.4 is 0 Å². The summed E-state index contributed by atoms with van der Waals surface area (Å²) in [4.78, 5) is 19.5. The molecule has 5 heteroatoms. The highest BCUT2D eigenvalue weighted by atomic mass is 35.5. The zero-order chi connectivity index (χ0) is 14.9. The second-order valence-corrected chi connectivity index (χ2v) is 6.00. The Bertz CT molecular complexity index is 624. The van der Waals surface area contributed by atoms with Crippen molar-refractivity contribution in [2.75, 3.05) is 0 Å². The molecule has 1 N–H and O–H groups in total. The second-order valence-electron chi connectivity index (χ2n) is 5.57.